The van der Waals surface area contributed by atoms with Crippen molar-refractivity contribution in [3.8, 4) is 5.75 Å². The molecule has 0 unspecified atom stereocenters. The zero-order valence-corrected chi connectivity index (χ0v) is 25.2. The Balaban J connectivity index is 1.69. The number of hydrogen-bond acceptors (Lipinski definition) is 2. The molecule has 0 aliphatic heterocycles. The highest BCUT2D eigenvalue weighted by Crippen LogP contribution is 2.16. The quantitative estimate of drug-likeness (QED) is 0.0469. The van der Waals surface area contributed by atoms with E-state index in [0.29, 0.717) is 12.2 Å². The number of carbonyl (C=O) groups excluding carboxylic acids is 1. The first-order valence-corrected chi connectivity index (χ1v) is 16.7. The van der Waals surface area contributed by atoms with Crippen LogP contribution in [0.25, 0.3) is 0 Å². The molecule has 0 aliphatic rings. The summed E-state index contributed by atoms with van der Waals surface area (Å²) in [6.07, 6.45) is 39.8. The van der Waals surface area contributed by atoms with Crippen LogP contribution < -0.4 is 4.74 Å². The third-order valence-corrected chi connectivity index (χ3v) is 7.65. The molecule has 0 aromatic heterocycles. The third kappa shape index (κ3) is 24.7. The van der Waals surface area contributed by atoms with Gasteiger partial charge in [0.25, 0.3) is 0 Å². The zero-order chi connectivity index (χ0) is 27.2. The van der Waals surface area contributed by atoms with E-state index in [2.05, 4.69) is 13.0 Å². The zero-order valence-electron chi connectivity index (χ0n) is 25.2. The van der Waals surface area contributed by atoms with Gasteiger partial charge in [0.2, 0.25) is 0 Å². The van der Waals surface area contributed by atoms with Crippen LogP contribution in [0.2, 0.25) is 0 Å². The largest absolute Gasteiger partial charge is 0.426 e. The lowest BCUT2D eigenvalue weighted by molar-refractivity contribution is -0.133. The van der Waals surface area contributed by atoms with E-state index in [1.165, 1.54) is 154 Å². The highest BCUT2D eigenvalue weighted by Gasteiger charge is 2.01. The predicted molar refractivity (Wildman–Crippen MR) is 167 cm³/mol. The summed E-state index contributed by atoms with van der Waals surface area (Å²) in [5.41, 5.74) is 0. The maximum atomic E-state index is 11.8. The first-order chi connectivity index (χ1) is 18.8. The fourth-order valence-corrected chi connectivity index (χ4v) is 5.18. The first-order valence-electron chi connectivity index (χ1n) is 16.7. The maximum absolute atomic E-state index is 11.8. The SMILES string of the molecule is CCCCCCCCCCCCCCCCCCCCCCCCCC/C=C/CC(=O)Oc1ccccc1. The molecule has 2 nitrogen and oxygen atoms in total. The molecule has 0 aliphatic carbocycles. The van der Waals surface area contributed by atoms with Crippen molar-refractivity contribution < 1.29 is 9.53 Å². The molecular weight excluding hydrogens is 464 g/mol. The van der Waals surface area contributed by atoms with Crippen LogP contribution in [-0.2, 0) is 4.79 Å². The van der Waals surface area contributed by atoms with Gasteiger partial charge < -0.3 is 4.74 Å². The van der Waals surface area contributed by atoms with Crippen molar-refractivity contribution in [1.82, 2.24) is 0 Å². The van der Waals surface area contributed by atoms with Gasteiger partial charge in [-0.3, -0.25) is 4.79 Å². The van der Waals surface area contributed by atoms with Crippen LogP contribution >= 0.6 is 0 Å². The predicted octanol–water partition coefficient (Wildman–Crippen LogP) is 12.3. The number of hydrogen-bond donors (Lipinski definition) is 0. The molecule has 2 heteroatoms. The van der Waals surface area contributed by atoms with Gasteiger partial charge in [0.1, 0.15) is 5.75 Å². The van der Waals surface area contributed by atoms with Crippen LogP contribution in [0.4, 0.5) is 0 Å². The second-order valence-electron chi connectivity index (χ2n) is 11.4. The van der Waals surface area contributed by atoms with Crippen LogP contribution in [0.1, 0.15) is 174 Å². The van der Waals surface area contributed by atoms with Crippen molar-refractivity contribution in [1.29, 1.82) is 0 Å². The molecule has 0 heterocycles. The first kappa shape index (κ1) is 34.5. The van der Waals surface area contributed by atoms with E-state index in [-0.39, 0.29) is 5.97 Å². The van der Waals surface area contributed by atoms with Gasteiger partial charge >= 0.3 is 5.97 Å². The lowest BCUT2D eigenvalue weighted by Gasteiger charge is -2.04. The fraction of sp³-hybridized carbons (Fsp3) is 0.750. The molecule has 0 atom stereocenters. The van der Waals surface area contributed by atoms with E-state index < -0.39 is 0 Å². The minimum atomic E-state index is -0.188. The van der Waals surface area contributed by atoms with Gasteiger partial charge in [0.15, 0.2) is 0 Å². The molecule has 0 saturated carbocycles. The van der Waals surface area contributed by atoms with E-state index in [1.54, 1.807) is 0 Å². The van der Waals surface area contributed by atoms with E-state index in [1.807, 2.05) is 36.4 Å². The normalized spacial score (nSPS) is 11.4. The summed E-state index contributed by atoms with van der Waals surface area (Å²) in [4.78, 5) is 11.8. The second-order valence-corrected chi connectivity index (χ2v) is 11.4. The molecule has 0 saturated heterocycles. The molecule has 0 fully saturated rings. The van der Waals surface area contributed by atoms with Gasteiger partial charge in [-0.1, -0.05) is 185 Å². The summed E-state index contributed by atoms with van der Waals surface area (Å²) < 4.78 is 5.28. The van der Waals surface area contributed by atoms with Gasteiger partial charge in [-0.25, -0.2) is 0 Å². The Hall–Kier alpha value is -1.57. The number of ether oxygens (including phenoxy) is 1. The molecule has 0 bridgehead atoms. The topological polar surface area (TPSA) is 26.3 Å². The Morgan fingerprint density at radius 3 is 1.29 bits per heavy atom. The second kappa shape index (κ2) is 28.4. The van der Waals surface area contributed by atoms with Gasteiger partial charge in [-0.2, -0.15) is 0 Å². The van der Waals surface area contributed by atoms with E-state index in [4.69, 9.17) is 4.74 Å². The van der Waals surface area contributed by atoms with Crippen molar-refractivity contribution >= 4 is 5.97 Å². The molecule has 0 radical (unpaired) electrons. The smallest absolute Gasteiger partial charge is 0.315 e. The minimum Gasteiger partial charge on any atom is -0.426 e. The molecule has 1 rings (SSSR count). The summed E-state index contributed by atoms with van der Waals surface area (Å²) >= 11 is 0. The van der Waals surface area contributed by atoms with E-state index in [9.17, 15) is 4.79 Å². The lowest BCUT2D eigenvalue weighted by atomic mass is 10.0. The van der Waals surface area contributed by atoms with E-state index >= 15 is 0 Å². The standard InChI is InChI=1S/C36H62O2/c1-2-3-4-5-6-7-8-9-10-11-12-13-14-15-16-17-18-19-20-21-22-23-24-25-26-27-31-34-36(37)38-35-32-29-28-30-33-35/h27-33H,2-26,34H2,1H3/b31-27+. The van der Waals surface area contributed by atoms with Crippen molar-refractivity contribution in [2.45, 2.75) is 174 Å². The molecule has 1 aromatic carbocycles. The highest BCUT2D eigenvalue weighted by molar-refractivity contribution is 5.73. The monoisotopic (exact) mass is 526 g/mol. The maximum Gasteiger partial charge on any atom is 0.315 e. The van der Waals surface area contributed by atoms with Crippen molar-refractivity contribution in [3.63, 3.8) is 0 Å². The summed E-state index contributed by atoms with van der Waals surface area (Å²) in [6, 6.07) is 9.28. The van der Waals surface area contributed by atoms with Crippen LogP contribution in [-0.4, -0.2) is 5.97 Å². The fourth-order valence-electron chi connectivity index (χ4n) is 5.18. The third-order valence-electron chi connectivity index (χ3n) is 7.65. The number of para-hydroxylation sites is 1. The van der Waals surface area contributed by atoms with Crippen molar-refractivity contribution in [2.75, 3.05) is 0 Å². The molecule has 0 spiro atoms. The minimum absolute atomic E-state index is 0.188. The van der Waals surface area contributed by atoms with Crippen LogP contribution in [0.5, 0.6) is 5.75 Å². The number of benzene rings is 1. The highest BCUT2D eigenvalue weighted by atomic mass is 16.5. The Bertz CT molecular complexity index is 636. The number of esters is 1. The summed E-state index contributed by atoms with van der Waals surface area (Å²) in [5, 5.41) is 0. The average Bonchev–Trinajstić information content (AvgIpc) is 2.93. The molecule has 0 N–H and O–H groups in total. The molecular formula is C36H62O2. The summed E-state index contributed by atoms with van der Waals surface area (Å²) in [7, 11) is 0. The Morgan fingerprint density at radius 1 is 0.526 bits per heavy atom. The van der Waals surface area contributed by atoms with Crippen molar-refractivity contribution in [2.24, 2.45) is 0 Å². The summed E-state index contributed by atoms with van der Waals surface area (Å²) in [6.45, 7) is 2.30. The van der Waals surface area contributed by atoms with Gasteiger partial charge in [-0.15, -0.1) is 0 Å². The van der Waals surface area contributed by atoms with E-state index in [0.717, 1.165) is 6.42 Å². The lowest BCUT2D eigenvalue weighted by Crippen LogP contribution is -2.05. The number of unbranched alkanes of at least 4 members (excludes halogenated alkanes) is 24. The Morgan fingerprint density at radius 2 is 0.895 bits per heavy atom. The summed E-state index contributed by atoms with van der Waals surface area (Å²) in [5.74, 6) is 0.433. The average molecular weight is 527 g/mol. The van der Waals surface area contributed by atoms with Crippen LogP contribution in [0.3, 0.4) is 0 Å². The van der Waals surface area contributed by atoms with Crippen LogP contribution in [0.15, 0.2) is 42.5 Å². The van der Waals surface area contributed by atoms with Gasteiger partial charge in [-0.05, 0) is 25.0 Å². The number of allylic oxidation sites excluding steroid dienone is 1. The molecule has 1 aromatic rings. The Kier molecular flexibility index (Phi) is 25.8. The van der Waals surface area contributed by atoms with Gasteiger partial charge in [0, 0.05) is 0 Å². The van der Waals surface area contributed by atoms with Gasteiger partial charge in [0.05, 0.1) is 6.42 Å². The molecule has 0 amide bonds. The molecule has 218 valence electrons. The number of rotatable bonds is 28. The van der Waals surface area contributed by atoms with Crippen LogP contribution in [0, 0.1) is 0 Å². The number of carbonyl (C=O) groups is 1. The Labute approximate surface area is 237 Å². The molecule has 38 heavy (non-hydrogen) atoms. The van der Waals surface area contributed by atoms with Crippen molar-refractivity contribution in [3.05, 3.63) is 42.5 Å².